The van der Waals surface area contributed by atoms with Gasteiger partial charge < -0.3 is 14.2 Å². The summed E-state index contributed by atoms with van der Waals surface area (Å²) in [6.45, 7) is 4.31. The molecule has 0 aliphatic rings. The molecule has 0 unspecified atom stereocenters. The summed E-state index contributed by atoms with van der Waals surface area (Å²) in [6, 6.07) is 41.7. The van der Waals surface area contributed by atoms with Crippen molar-refractivity contribution in [3.05, 3.63) is 144 Å². The molecule has 0 aromatic heterocycles. The standard InChI is InChI=1S/C33H37NO3/c1-35-25-22-34(23-26-36-32(28-14-6-2-7-15-28)29-16-8-3-9-17-29)24-27-37-33(30-18-10-4-11-19-30)31-20-12-5-13-21-31/h2-21,32-33H,22-27H2,1H3. The van der Waals surface area contributed by atoms with Gasteiger partial charge in [0.15, 0.2) is 0 Å². The van der Waals surface area contributed by atoms with E-state index in [1.165, 1.54) is 0 Å². The number of rotatable bonds is 15. The fourth-order valence-electron chi connectivity index (χ4n) is 4.44. The van der Waals surface area contributed by atoms with Crippen LogP contribution in [-0.2, 0) is 14.2 Å². The Morgan fingerprint density at radius 3 is 1.05 bits per heavy atom. The van der Waals surface area contributed by atoms with Gasteiger partial charge in [-0.15, -0.1) is 0 Å². The fourth-order valence-corrected chi connectivity index (χ4v) is 4.44. The molecular formula is C33H37NO3. The van der Waals surface area contributed by atoms with Crippen molar-refractivity contribution >= 4 is 0 Å². The van der Waals surface area contributed by atoms with Crippen molar-refractivity contribution in [2.75, 3.05) is 46.6 Å². The minimum atomic E-state index is -0.0940. The molecule has 4 heteroatoms. The quantitative estimate of drug-likeness (QED) is 0.187. The Bertz CT molecular complexity index is 955. The van der Waals surface area contributed by atoms with Crippen LogP contribution in [0.5, 0.6) is 0 Å². The summed E-state index contributed by atoms with van der Waals surface area (Å²) < 4.78 is 18.3. The molecule has 192 valence electrons. The second-order valence-electron chi connectivity index (χ2n) is 8.98. The zero-order chi connectivity index (χ0) is 25.5. The summed E-state index contributed by atoms with van der Waals surface area (Å²) in [5.41, 5.74) is 4.64. The van der Waals surface area contributed by atoms with E-state index in [0.717, 1.165) is 41.9 Å². The van der Waals surface area contributed by atoms with E-state index in [2.05, 4.69) is 102 Å². The third-order valence-electron chi connectivity index (χ3n) is 6.40. The minimum absolute atomic E-state index is 0.0940. The highest BCUT2D eigenvalue weighted by molar-refractivity contribution is 5.31. The Labute approximate surface area is 221 Å². The molecule has 0 N–H and O–H groups in total. The zero-order valence-electron chi connectivity index (χ0n) is 21.6. The van der Waals surface area contributed by atoms with Crippen molar-refractivity contribution in [2.24, 2.45) is 0 Å². The van der Waals surface area contributed by atoms with Gasteiger partial charge in [0.25, 0.3) is 0 Å². The van der Waals surface area contributed by atoms with Crippen LogP contribution in [0.3, 0.4) is 0 Å². The first-order chi connectivity index (χ1) is 18.3. The monoisotopic (exact) mass is 495 g/mol. The molecule has 4 aromatic carbocycles. The Morgan fingerprint density at radius 1 is 0.459 bits per heavy atom. The van der Waals surface area contributed by atoms with Gasteiger partial charge >= 0.3 is 0 Å². The smallest absolute Gasteiger partial charge is 0.108 e. The number of nitrogens with zero attached hydrogens (tertiary/aromatic N) is 1. The lowest BCUT2D eigenvalue weighted by Crippen LogP contribution is -2.34. The van der Waals surface area contributed by atoms with Crippen LogP contribution < -0.4 is 0 Å². The number of hydrogen-bond acceptors (Lipinski definition) is 4. The highest BCUT2D eigenvalue weighted by Crippen LogP contribution is 2.27. The predicted octanol–water partition coefficient (Wildman–Crippen LogP) is 6.55. The zero-order valence-corrected chi connectivity index (χ0v) is 21.6. The van der Waals surface area contributed by atoms with Gasteiger partial charge in [-0.05, 0) is 22.3 Å². The summed E-state index contributed by atoms with van der Waals surface area (Å²) in [5.74, 6) is 0. The minimum Gasteiger partial charge on any atom is -0.383 e. The van der Waals surface area contributed by atoms with E-state index in [0.29, 0.717) is 19.8 Å². The summed E-state index contributed by atoms with van der Waals surface area (Å²) in [5, 5.41) is 0. The van der Waals surface area contributed by atoms with Gasteiger partial charge in [-0.1, -0.05) is 121 Å². The molecule has 4 rings (SSSR count). The van der Waals surface area contributed by atoms with E-state index >= 15 is 0 Å². The van der Waals surface area contributed by atoms with Gasteiger partial charge in [-0.25, -0.2) is 0 Å². The topological polar surface area (TPSA) is 30.9 Å². The van der Waals surface area contributed by atoms with Crippen molar-refractivity contribution in [2.45, 2.75) is 12.2 Å². The van der Waals surface area contributed by atoms with Crippen molar-refractivity contribution in [1.29, 1.82) is 0 Å². The van der Waals surface area contributed by atoms with Crippen molar-refractivity contribution in [1.82, 2.24) is 4.90 Å². The Morgan fingerprint density at radius 2 is 0.757 bits per heavy atom. The molecule has 0 radical (unpaired) electrons. The third kappa shape index (κ3) is 8.38. The molecule has 4 aromatic rings. The lowest BCUT2D eigenvalue weighted by molar-refractivity contribution is 0.0281. The molecule has 0 atom stereocenters. The normalized spacial score (nSPS) is 11.5. The molecular weight excluding hydrogens is 458 g/mol. The highest BCUT2D eigenvalue weighted by atomic mass is 16.5. The first-order valence-electron chi connectivity index (χ1n) is 13.0. The van der Waals surface area contributed by atoms with Crippen molar-refractivity contribution < 1.29 is 14.2 Å². The lowest BCUT2D eigenvalue weighted by atomic mass is 10.0. The summed E-state index contributed by atoms with van der Waals surface area (Å²) >= 11 is 0. The number of ether oxygens (including phenoxy) is 3. The SMILES string of the molecule is COCCN(CCOC(c1ccccc1)c1ccccc1)CCOC(c1ccccc1)c1ccccc1. The van der Waals surface area contributed by atoms with E-state index in [1.54, 1.807) is 7.11 Å². The van der Waals surface area contributed by atoms with Gasteiger partial charge in [0.1, 0.15) is 12.2 Å². The second kappa shape index (κ2) is 15.1. The first kappa shape index (κ1) is 26.8. The van der Waals surface area contributed by atoms with Crippen LogP contribution in [0.1, 0.15) is 34.5 Å². The first-order valence-corrected chi connectivity index (χ1v) is 13.0. The molecule has 37 heavy (non-hydrogen) atoms. The van der Waals surface area contributed by atoms with Gasteiger partial charge in [0.05, 0.1) is 19.8 Å². The Balaban J connectivity index is 1.36. The van der Waals surface area contributed by atoms with E-state index in [1.807, 2.05) is 24.3 Å². The van der Waals surface area contributed by atoms with Crippen LogP contribution in [0.2, 0.25) is 0 Å². The Hall–Kier alpha value is -3.28. The van der Waals surface area contributed by atoms with Gasteiger partial charge in [-0.2, -0.15) is 0 Å². The van der Waals surface area contributed by atoms with E-state index in [-0.39, 0.29) is 12.2 Å². The molecule has 0 saturated carbocycles. The van der Waals surface area contributed by atoms with Gasteiger partial charge in [-0.3, -0.25) is 4.90 Å². The maximum Gasteiger partial charge on any atom is 0.108 e. The van der Waals surface area contributed by atoms with Crippen LogP contribution >= 0.6 is 0 Å². The molecule has 0 saturated heterocycles. The maximum atomic E-state index is 6.47. The predicted molar refractivity (Wildman–Crippen MR) is 150 cm³/mol. The molecule has 4 nitrogen and oxygen atoms in total. The van der Waals surface area contributed by atoms with E-state index < -0.39 is 0 Å². The largest absolute Gasteiger partial charge is 0.383 e. The average Bonchev–Trinajstić information content (AvgIpc) is 2.97. The maximum absolute atomic E-state index is 6.47. The molecule has 0 aliphatic carbocycles. The van der Waals surface area contributed by atoms with Crippen LogP contribution in [0.25, 0.3) is 0 Å². The van der Waals surface area contributed by atoms with Crippen molar-refractivity contribution in [3.63, 3.8) is 0 Å². The van der Waals surface area contributed by atoms with Crippen LogP contribution in [0.15, 0.2) is 121 Å². The summed E-state index contributed by atoms with van der Waals surface area (Å²) in [6.07, 6.45) is -0.188. The molecule has 0 aliphatic heterocycles. The van der Waals surface area contributed by atoms with E-state index in [4.69, 9.17) is 14.2 Å². The Kier molecular flexibility index (Phi) is 10.9. The second-order valence-corrected chi connectivity index (χ2v) is 8.98. The van der Waals surface area contributed by atoms with Gasteiger partial charge in [0, 0.05) is 26.7 Å². The molecule has 0 fully saturated rings. The number of methoxy groups -OCH3 is 1. The summed E-state index contributed by atoms with van der Waals surface area (Å²) in [7, 11) is 1.74. The molecule has 0 amide bonds. The molecule has 0 spiro atoms. The third-order valence-corrected chi connectivity index (χ3v) is 6.40. The van der Waals surface area contributed by atoms with Crippen molar-refractivity contribution in [3.8, 4) is 0 Å². The van der Waals surface area contributed by atoms with Crippen LogP contribution in [0, 0.1) is 0 Å². The molecule has 0 bridgehead atoms. The van der Waals surface area contributed by atoms with Crippen LogP contribution in [-0.4, -0.2) is 51.5 Å². The fraction of sp³-hybridized carbons (Fsp3) is 0.273. The van der Waals surface area contributed by atoms with Crippen LogP contribution in [0.4, 0.5) is 0 Å². The van der Waals surface area contributed by atoms with E-state index in [9.17, 15) is 0 Å². The highest BCUT2D eigenvalue weighted by Gasteiger charge is 2.17. The number of hydrogen-bond donors (Lipinski definition) is 0. The van der Waals surface area contributed by atoms with Gasteiger partial charge in [0.2, 0.25) is 0 Å². The average molecular weight is 496 g/mol. The lowest BCUT2D eigenvalue weighted by Gasteiger charge is -2.26. The number of benzene rings is 4. The molecule has 0 heterocycles. The summed E-state index contributed by atoms with van der Waals surface area (Å²) in [4.78, 5) is 2.35.